The maximum absolute atomic E-state index is 13.1. The van der Waals surface area contributed by atoms with E-state index in [9.17, 15) is 14.3 Å². The van der Waals surface area contributed by atoms with Crippen LogP contribution in [-0.2, 0) is 11.3 Å². The van der Waals surface area contributed by atoms with Crippen molar-refractivity contribution >= 4 is 11.6 Å². The topological polar surface area (TPSA) is 73.8 Å². The van der Waals surface area contributed by atoms with Gasteiger partial charge < -0.3 is 20.5 Å². The SMILES string of the molecule is CC(=O)Nc1ccccc1OCC(C)(O)CNC1CCN(Cc2ccc(F)cc2)CC1. The number of carbonyl (C=O) groups is 1. The van der Waals surface area contributed by atoms with Gasteiger partial charge in [-0.3, -0.25) is 9.69 Å². The van der Waals surface area contributed by atoms with Crippen LogP contribution in [-0.4, -0.2) is 53.8 Å². The second kappa shape index (κ2) is 10.7. The first-order valence-electron chi connectivity index (χ1n) is 10.7. The number of piperidine rings is 1. The number of rotatable bonds is 9. The first-order valence-corrected chi connectivity index (χ1v) is 10.7. The van der Waals surface area contributed by atoms with E-state index in [1.54, 1.807) is 19.1 Å². The zero-order valence-electron chi connectivity index (χ0n) is 18.2. The highest BCUT2D eigenvalue weighted by atomic mass is 19.1. The van der Waals surface area contributed by atoms with Gasteiger partial charge in [0.15, 0.2) is 0 Å². The number of aliphatic hydroxyl groups is 1. The number of carbonyl (C=O) groups excluding carboxylic acids is 1. The van der Waals surface area contributed by atoms with E-state index in [0.717, 1.165) is 38.0 Å². The average Bonchev–Trinajstić information content (AvgIpc) is 2.74. The van der Waals surface area contributed by atoms with E-state index in [2.05, 4.69) is 15.5 Å². The first-order chi connectivity index (χ1) is 14.8. The van der Waals surface area contributed by atoms with Crippen LogP contribution in [0.1, 0.15) is 32.3 Å². The van der Waals surface area contributed by atoms with Crippen molar-refractivity contribution in [2.24, 2.45) is 0 Å². The number of para-hydroxylation sites is 2. The van der Waals surface area contributed by atoms with Gasteiger partial charge in [0.1, 0.15) is 23.8 Å². The molecule has 3 N–H and O–H groups in total. The highest BCUT2D eigenvalue weighted by molar-refractivity contribution is 5.90. The fourth-order valence-corrected chi connectivity index (χ4v) is 3.68. The maximum Gasteiger partial charge on any atom is 0.221 e. The molecule has 1 amide bonds. The van der Waals surface area contributed by atoms with Gasteiger partial charge in [0, 0.05) is 26.1 Å². The number of likely N-dealkylation sites (tertiary alicyclic amines) is 1. The quantitative estimate of drug-likeness (QED) is 0.571. The number of halogens is 1. The zero-order valence-corrected chi connectivity index (χ0v) is 18.2. The van der Waals surface area contributed by atoms with Crippen LogP contribution < -0.4 is 15.4 Å². The number of anilines is 1. The third kappa shape index (κ3) is 7.61. The predicted molar refractivity (Wildman–Crippen MR) is 120 cm³/mol. The molecule has 1 unspecified atom stereocenters. The molecule has 0 saturated carbocycles. The molecule has 1 aliphatic heterocycles. The fourth-order valence-electron chi connectivity index (χ4n) is 3.68. The lowest BCUT2D eigenvalue weighted by Gasteiger charge is -2.34. The lowest BCUT2D eigenvalue weighted by Crippen LogP contribution is -2.49. The van der Waals surface area contributed by atoms with Crippen molar-refractivity contribution in [1.29, 1.82) is 0 Å². The summed E-state index contributed by atoms with van der Waals surface area (Å²) in [6.45, 7) is 6.45. The lowest BCUT2D eigenvalue weighted by molar-refractivity contribution is -0.114. The Morgan fingerprint density at radius 1 is 1.19 bits per heavy atom. The number of hydrogen-bond donors (Lipinski definition) is 3. The van der Waals surface area contributed by atoms with Crippen molar-refractivity contribution in [3.8, 4) is 5.75 Å². The molecule has 7 heteroatoms. The van der Waals surface area contributed by atoms with Crippen LogP contribution in [0.5, 0.6) is 5.75 Å². The summed E-state index contributed by atoms with van der Waals surface area (Å²) in [4.78, 5) is 13.7. The molecule has 1 heterocycles. The van der Waals surface area contributed by atoms with Gasteiger partial charge in [0.25, 0.3) is 0 Å². The first kappa shape index (κ1) is 23.2. The molecular formula is C24H32FN3O3. The summed E-state index contributed by atoms with van der Waals surface area (Å²) in [5.74, 6) is 0.156. The van der Waals surface area contributed by atoms with Gasteiger partial charge >= 0.3 is 0 Å². The fraction of sp³-hybridized carbons (Fsp3) is 0.458. The molecule has 0 spiro atoms. The summed E-state index contributed by atoms with van der Waals surface area (Å²) in [7, 11) is 0. The van der Waals surface area contributed by atoms with E-state index in [-0.39, 0.29) is 18.3 Å². The van der Waals surface area contributed by atoms with Gasteiger partial charge in [-0.1, -0.05) is 24.3 Å². The summed E-state index contributed by atoms with van der Waals surface area (Å²) >= 11 is 0. The second-order valence-electron chi connectivity index (χ2n) is 8.52. The summed E-state index contributed by atoms with van der Waals surface area (Å²) in [6, 6.07) is 14.2. The number of benzene rings is 2. The monoisotopic (exact) mass is 429 g/mol. The van der Waals surface area contributed by atoms with Crippen molar-refractivity contribution in [2.45, 2.75) is 44.9 Å². The van der Waals surface area contributed by atoms with Crippen LogP contribution in [0.4, 0.5) is 10.1 Å². The van der Waals surface area contributed by atoms with Crippen LogP contribution in [0.15, 0.2) is 48.5 Å². The average molecular weight is 430 g/mol. The Hall–Kier alpha value is -2.48. The Bertz CT molecular complexity index is 849. The van der Waals surface area contributed by atoms with Crippen molar-refractivity contribution < 1.29 is 19.0 Å². The number of nitrogens with one attached hydrogen (secondary N) is 2. The van der Waals surface area contributed by atoms with Gasteiger partial charge in [-0.25, -0.2) is 4.39 Å². The predicted octanol–water partition coefficient (Wildman–Crippen LogP) is 3.17. The maximum atomic E-state index is 13.1. The van der Waals surface area contributed by atoms with Gasteiger partial charge in [-0.05, 0) is 62.7 Å². The van der Waals surface area contributed by atoms with Crippen LogP contribution in [0.2, 0.25) is 0 Å². The smallest absolute Gasteiger partial charge is 0.221 e. The van der Waals surface area contributed by atoms with E-state index in [1.165, 1.54) is 19.1 Å². The molecule has 0 aliphatic carbocycles. The molecule has 1 fully saturated rings. The second-order valence-corrected chi connectivity index (χ2v) is 8.52. The Labute approximate surface area is 183 Å². The van der Waals surface area contributed by atoms with Crippen LogP contribution in [0.3, 0.4) is 0 Å². The molecule has 0 radical (unpaired) electrons. The van der Waals surface area contributed by atoms with Crippen molar-refractivity contribution in [3.63, 3.8) is 0 Å². The van der Waals surface area contributed by atoms with E-state index in [1.807, 2.05) is 24.3 Å². The highest BCUT2D eigenvalue weighted by Gasteiger charge is 2.25. The molecule has 1 atom stereocenters. The highest BCUT2D eigenvalue weighted by Crippen LogP contribution is 2.24. The number of nitrogens with zero attached hydrogens (tertiary/aromatic N) is 1. The molecule has 1 aliphatic rings. The van der Waals surface area contributed by atoms with Crippen LogP contribution in [0.25, 0.3) is 0 Å². The number of hydrogen-bond acceptors (Lipinski definition) is 5. The molecule has 2 aromatic rings. The van der Waals surface area contributed by atoms with Gasteiger partial charge in [0.05, 0.1) is 5.69 Å². The number of amides is 1. The van der Waals surface area contributed by atoms with Crippen molar-refractivity contribution in [1.82, 2.24) is 10.2 Å². The van der Waals surface area contributed by atoms with Crippen LogP contribution in [0, 0.1) is 5.82 Å². The third-order valence-electron chi connectivity index (χ3n) is 5.41. The largest absolute Gasteiger partial charge is 0.488 e. The standard InChI is InChI=1S/C24H32FN3O3/c1-18(29)27-22-5-3-4-6-23(22)31-17-24(2,30)16-26-21-11-13-28(14-12-21)15-19-7-9-20(25)10-8-19/h3-10,21,26,30H,11-17H2,1-2H3,(H,27,29). The van der Waals surface area contributed by atoms with Gasteiger partial charge in [0.2, 0.25) is 5.91 Å². The molecule has 1 saturated heterocycles. The molecule has 168 valence electrons. The minimum atomic E-state index is -1.05. The summed E-state index contributed by atoms with van der Waals surface area (Å²) in [5, 5.41) is 16.9. The minimum Gasteiger partial charge on any atom is -0.488 e. The van der Waals surface area contributed by atoms with Crippen molar-refractivity contribution in [3.05, 3.63) is 59.9 Å². The third-order valence-corrected chi connectivity index (χ3v) is 5.41. The molecular weight excluding hydrogens is 397 g/mol. The Balaban J connectivity index is 1.41. The Morgan fingerprint density at radius 2 is 1.87 bits per heavy atom. The van der Waals surface area contributed by atoms with E-state index in [4.69, 9.17) is 4.74 Å². The van der Waals surface area contributed by atoms with Gasteiger partial charge in [-0.15, -0.1) is 0 Å². The molecule has 31 heavy (non-hydrogen) atoms. The normalized spacial score (nSPS) is 17.2. The molecule has 0 aromatic heterocycles. The minimum absolute atomic E-state index is 0.111. The number of ether oxygens (including phenoxy) is 1. The zero-order chi connectivity index (χ0) is 22.3. The molecule has 6 nitrogen and oxygen atoms in total. The van der Waals surface area contributed by atoms with Crippen LogP contribution >= 0.6 is 0 Å². The van der Waals surface area contributed by atoms with E-state index in [0.29, 0.717) is 24.0 Å². The van der Waals surface area contributed by atoms with E-state index >= 15 is 0 Å². The van der Waals surface area contributed by atoms with Gasteiger partial charge in [-0.2, -0.15) is 0 Å². The Kier molecular flexibility index (Phi) is 8.01. The lowest BCUT2D eigenvalue weighted by atomic mass is 10.0. The Morgan fingerprint density at radius 3 is 2.55 bits per heavy atom. The van der Waals surface area contributed by atoms with Crippen molar-refractivity contribution in [2.75, 3.05) is 31.6 Å². The molecule has 0 bridgehead atoms. The summed E-state index contributed by atoms with van der Waals surface area (Å²) < 4.78 is 18.8. The van der Waals surface area contributed by atoms with E-state index < -0.39 is 5.60 Å². The summed E-state index contributed by atoms with van der Waals surface area (Å²) in [5.41, 5.74) is 0.661. The molecule has 3 rings (SSSR count). The summed E-state index contributed by atoms with van der Waals surface area (Å²) in [6.07, 6.45) is 1.98. The molecule has 2 aromatic carbocycles.